The Kier molecular flexibility index (Phi) is 1.63. The Morgan fingerprint density at radius 3 is 2.42 bits per heavy atom. The van der Waals surface area contributed by atoms with Crippen molar-refractivity contribution in [1.29, 1.82) is 0 Å². The van der Waals surface area contributed by atoms with E-state index in [0.717, 1.165) is 13.1 Å². The summed E-state index contributed by atoms with van der Waals surface area (Å²) in [6.45, 7) is 1.46. The van der Waals surface area contributed by atoms with Crippen LogP contribution >= 0.6 is 0 Å². The molecule has 2 fully saturated rings. The number of likely N-dealkylation sites (tertiary alicyclic amines) is 1. The predicted octanol–water partition coefficient (Wildman–Crippen LogP) is -0.472. The second-order valence-electron chi connectivity index (χ2n) is 3.94. The molecule has 0 bridgehead atoms. The molecule has 0 amide bonds. The van der Waals surface area contributed by atoms with E-state index in [1.807, 2.05) is 4.90 Å². The molecule has 1 atom stereocenters. The van der Waals surface area contributed by atoms with Gasteiger partial charge in [-0.3, -0.25) is 9.69 Å². The molecule has 0 aromatic heterocycles. The van der Waals surface area contributed by atoms with Gasteiger partial charge in [0.1, 0.15) is 6.04 Å². The molecular weight excluding hydrogens is 158 g/mol. The molecule has 2 N–H and O–H groups in total. The molecule has 1 spiro atoms. The molecule has 0 aromatic rings. The largest absolute Gasteiger partial charge is 0.480 e. The van der Waals surface area contributed by atoms with Gasteiger partial charge in [-0.15, -0.1) is 0 Å². The van der Waals surface area contributed by atoms with E-state index >= 15 is 0 Å². The molecule has 1 heterocycles. The summed E-state index contributed by atoms with van der Waals surface area (Å²) in [5, 5.41) is 17.5. The van der Waals surface area contributed by atoms with Gasteiger partial charge in [0.25, 0.3) is 0 Å². The number of aliphatic hydroxyl groups excluding tert-OH is 1. The number of hydrogen-bond donors (Lipinski definition) is 2. The van der Waals surface area contributed by atoms with E-state index < -0.39 is 12.0 Å². The van der Waals surface area contributed by atoms with Crippen molar-refractivity contribution in [3.8, 4) is 0 Å². The Morgan fingerprint density at radius 2 is 2.08 bits per heavy atom. The van der Waals surface area contributed by atoms with Gasteiger partial charge in [-0.1, -0.05) is 0 Å². The Morgan fingerprint density at radius 1 is 1.50 bits per heavy atom. The molecule has 1 saturated carbocycles. The molecule has 0 aromatic carbocycles. The molecule has 1 unspecified atom stereocenters. The number of hydrogen-bond acceptors (Lipinski definition) is 3. The summed E-state index contributed by atoms with van der Waals surface area (Å²) < 4.78 is 0. The van der Waals surface area contributed by atoms with Crippen LogP contribution in [0.5, 0.6) is 0 Å². The summed E-state index contributed by atoms with van der Waals surface area (Å²) in [4.78, 5) is 12.4. The minimum absolute atomic E-state index is 0.272. The molecule has 68 valence electrons. The third kappa shape index (κ3) is 1.11. The first kappa shape index (κ1) is 8.01. The fourth-order valence-corrected chi connectivity index (χ4v) is 1.88. The molecule has 1 saturated heterocycles. The summed E-state index contributed by atoms with van der Waals surface area (Å²) in [7, 11) is 0. The minimum Gasteiger partial charge on any atom is -0.480 e. The van der Waals surface area contributed by atoms with Crippen LogP contribution < -0.4 is 0 Å². The quantitative estimate of drug-likeness (QED) is 0.602. The standard InChI is InChI=1S/C8H13NO3/c10-3-6(7(11)12)9-4-8(5-9)1-2-8/h6,10H,1-5H2,(H,11,12). The lowest BCUT2D eigenvalue weighted by molar-refractivity contribution is -0.148. The number of carbonyl (C=O) groups is 1. The fraction of sp³-hybridized carbons (Fsp3) is 0.875. The first-order chi connectivity index (χ1) is 5.67. The molecule has 12 heavy (non-hydrogen) atoms. The van der Waals surface area contributed by atoms with E-state index in [0.29, 0.717) is 5.41 Å². The summed E-state index contributed by atoms with van der Waals surface area (Å²) in [6.07, 6.45) is 2.47. The smallest absolute Gasteiger partial charge is 0.323 e. The Labute approximate surface area is 70.8 Å². The SMILES string of the molecule is O=C(O)C(CO)N1CC2(CC2)C1. The molecule has 4 nitrogen and oxygen atoms in total. The molecular formula is C8H13NO3. The predicted molar refractivity (Wildman–Crippen MR) is 41.7 cm³/mol. The summed E-state index contributed by atoms with van der Waals surface area (Å²) in [6, 6.07) is -0.670. The van der Waals surface area contributed by atoms with Crippen molar-refractivity contribution < 1.29 is 15.0 Å². The Bertz CT molecular complexity index is 204. The third-order valence-electron chi connectivity index (χ3n) is 2.93. The Hall–Kier alpha value is -0.610. The zero-order chi connectivity index (χ0) is 8.77. The van der Waals surface area contributed by atoms with E-state index in [2.05, 4.69) is 0 Å². The van der Waals surface area contributed by atoms with Gasteiger partial charge in [-0.05, 0) is 18.3 Å². The number of aliphatic carboxylic acids is 1. The van der Waals surface area contributed by atoms with Crippen LogP contribution in [-0.2, 0) is 4.79 Å². The van der Waals surface area contributed by atoms with Gasteiger partial charge >= 0.3 is 5.97 Å². The lowest BCUT2D eigenvalue weighted by atomic mass is 9.94. The number of carboxylic acid groups (broad SMARTS) is 1. The normalized spacial score (nSPS) is 28.1. The summed E-state index contributed by atoms with van der Waals surface area (Å²) in [5.41, 5.74) is 0.461. The maximum atomic E-state index is 10.6. The third-order valence-corrected chi connectivity index (χ3v) is 2.93. The van der Waals surface area contributed by atoms with Crippen LogP contribution in [0.15, 0.2) is 0 Å². The summed E-state index contributed by atoms with van der Waals surface area (Å²) in [5.74, 6) is -0.909. The van der Waals surface area contributed by atoms with Crippen molar-refractivity contribution in [3.63, 3.8) is 0 Å². The average molecular weight is 171 g/mol. The van der Waals surface area contributed by atoms with Crippen molar-refractivity contribution >= 4 is 5.97 Å². The zero-order valence-corrected chi connectivity index (χ0v) is 6.86. The minimum atomic E-state index is -0.909. The van der Waals surface area contributed by atoms with Crippen LogP contribution in [0.3, 0.4) is 0 Å². The van der Waals surface area contributed by atoms with Crippen LogP contribution in [0.4, 0.5) is 0 Å². The van der Waals surface area contributed by atoms with E-state index in [1.54, 1.807) is 0 Å². The topological polar surface area (TPSA) is 60.8 Å². The highest BCUT2D eigenvalue weighted by Crippen LogP contribution is 2.53. The second-order valence-corrected chi connectivity index (χ2v) is 3.94. The van der Waals surface area contributed by atoms with Crippen molar-refractivity contribution in [2.24, 2.45) is 5.41 Å². The average Bonchev–Trinajstić information content (AvgIpc) is 2.66. The monoisotopic (exact) mass is 171 g/mol. The van der Waals surface area contributed by atoms with Crippen LogP contribution in [0.1, 0.15) is 12.8 Å². The van der Waals surface area contributed by atoms with Crippen LogP contribution in [0.2, 0.25) is 0 Å². The second kappa shape index (κ2) is 2.44. The van der Waals surface area contributed by atoms with Gasteiger partial charge in [0, 0.05) is 13.1 Å². The van der Waals surface area contributed by atoms with Gasteiger partial charge in [0.05, 0.1) is 6.61 Å². The first-order valence-corrected chi connectivity index (χ1v) is 4.25. The number of aliphatic hydroxyl groups is 1. The molecule has 0 radical (unpaired) electrons. The molecule has 4 heteroatoms. The molecule has 1 aliphatic heterocycles. The highest BCUT2D eigenvalue weighted by molar-refractivity contribution is 5.73. The van der Waals surface area contributed by atoms with Crippen molar-refractivity contribution in [3.05, 3.63) is 0 Å². The summed E-state index contributed by atoms with van der Waals surface area (Å²) >= 11 is 0. The van der Waals surface area contributed by atoms with E-state index in [1.165, 1.54) is 12.8 Å². The zero-order valence-electron chi connectivity index (χ0n) is 6.86. The van der Waals surface area contributed by atoms with Gasteiger partial charge < -0.3 is 10.2 Å². The van der Waals surface area contributed by atoms with Crippen LogP contribution in [-0.4, -0.2) is 46.8 Å². The van der Waals surface area contributed by atoms with Gasteiger partial charge in [-0.2, -0.15) is 0 Å². The van der Waals surface area contributed by atoms with Crippen molar-refractivity contribution in [2.75, 3.05) is 19.7 Å². The van der Waals surface area contributed by atoms with E-state index in [4.69, 9.17) is 10.2 Å². The molecule has 1 aliphatic carbocycles. The number of carboxylic acids is 1. The number of nitrogens with zero attached hydrogens (tertiary/aromatic N) is 1. The van der Waals surface area contributed by atoms with Crippen molar-refractivity contribution in [1.82, 2.24) is 4.90 Å². The van der Waals surface area contributed by atoms with Crippen LogP contribution in [0.25, 0.3) is 0 Å². The first-order valence-electron chi connectivity index (χ1n) is 4.25. The van der Waals surface area contributed by atoms with Gasteiger partial charge in [0.2, 0.25) is 0 Å². The van der Waals surface area contributed by atoms with Crippen LogP contribution in [0, 0.1) is 5.41 Å². The van der Waals surface area contributed by atoms with E-state index in [-0.39, 0.29) is 6.61 Å². The lowest BCUT2D eigenvalue weighted by Crippen LogP contribution is -2.57. The maximum Gasteiger partial charge on any atom is 0.323 e. The highest BCUT2D eigenvalue weighted by Gasteiger charge is 2.54. The van der Waals surface area contributed by atoms with Gasteiger partial charge in [-0.25, -0.2) is 0 Å². The highest BCUT2D eigenvalue weighted by atomic mass is 16.4. The molecule has 2 rings (SSSR count). The maximum absolute atomic E-state index is 10.6. The fourth-order valence-electron chi connectivity index (χ4n) is 1.88. The Balaban J connectivity index is 1.88. The number of rotatable bonds is 3. The molecule has 2 aliphatic rings. The van der Waals surface area contributed by atoms with E-state index in [9.17, 15) is 4.79 Å². The lowest BCUT2D eigenvalue weighted by Gasteiger charge is -2.42. The van der Waals surface area contributed by atoms with Crippen molar-refractivity contribution in [2.45, 2.75) is 18.9 Å². The van der Waals surface area contributed by atoms with Gasteiger partial charge in [0.15, 0.2) is 0 Å².